The predicted molar refractivity (Wildman–Crippen MR) is 130 cm³/mol. The molecule has 0 aliphatic heterocycles. The summed E-state index contributed by atoms with van der Waals surface area (Å²) in [6, 6.07) is 8.75. The Morgan fingerprint density at radius 1 is 1.09 bits per heavy atom. The van der Waals surface area contributed by atoms with Crippen LogP contribution in [0.3, 0.4) is 0 Å². The lowest BCUT2D eigenvalue weighted by atomic mass is 10.00. The molecule has 0 heterocycles. The fourth-order valence-corrected chi connectivity index (χ4v) is 3.30. The zero-order chi connectivity index (χ0) is 25.0. The van der Waals surface area contributed by atoms with Crippen LogP contribution in [0.15, 0.2) is 30.3 Å². The molecule has 0 unspecified atom stereocenters. The van der Waals surface area contributed by atoms with Crippen molar-refractivity contribution in [2.75, 3.05) is 13.1 Å². The number of aliphatic hydroxyl groups excluding tert-OH is 1. The van der Waals surface area contributed by atoms with Gasteiger partial charge in [0.25, 0.3) is 0 Å². The predicted octanol–water partition coefficient (Wildman–Crippen LogP) is 2.59. The molecule has 4 amide bonds. The average molecular weight is 463 g/mol. The number of aliphatic hydroxyl groups is 1. The number of nitrogens with zero attached hydrogens (tertiary/aromatic N) is 1. The largest absolute Gasteiger partial charge is 0.389 e. The van der Waals surface area contributed by atoms with Crippen molar-refractivity contribution in [2.45, 2.75) is 84.4 Å². The summed E-state index contributed by atoms with van der Waals surface area (Å²) in [5.74, 6) is -0.310. The Bertz CT molecular complexity index is 747. The van der Waals surface area contributed by atoms with E-state index in [0.29, 0.717) is 25.3 Å². The quantitative estimate of drug-likeness (QED) is 0.359. The van der Waals surface area contributed by atoms with Gasteiger partial charge in [-0.1, -0.05) is 44.2 Å². The first-order chi connectivity index (χ1) is 15.4. The number of carbonyl (C=O) groups is 3. The maximum Gasteiger partial charge on any atom is 0.317 e. The van der Waals surface area contributed by atoms with Crippen LogP contribution in [-0.2, 0) is 16.0 Å². The monoisotopic (exact) mass is 462 g/mol. The van der Waals surface area contributed by atoms with Crippen LogP contribution < -0.4 is 16.4 Å². The molecule has 0 aliphatic carbocycles. The van der Waals surface area contributed by atoms with Gasteiger partial charge in [-0.15, -0.1) is 0 Å². The van der Waals surface area contributed by atoms with Gasteiger partial charge in [-0.3, -0.25) is 9.59 Å². The van der Waals surface area contributed by atoms with Gasteiger partial charge in [-0.25, -0.2) is 4.79 Å². The highest BCUT2D eigenvalue weighted by atomic mass is 16.3. The van der Waals surface area contributed by atoms with Gasteiger partial charge in [-0.05, 0) is 51.5 Å². The highest BCUT2D eigenvalue weighted by Gasteiger charge is 2.27. The molecule has 8 nitrogen and oxygen atoms in total. The van der Waals surface area contributed by atoms with E-state index in [0.717, 1.165) is 12.0 Å². The zero-order valence-corrected chi connectivity index (χ0v) is 20.8. The molecule has 0 saturated heterocycles. The van der Waals surface area contributed by atoms with Gasteiger partial charge in [0.2, 0.25) is 11.8 Å². The first-order valence-corrected chi connectivity index (χ1v) is 11.7. The molecule has 1 aromatic rings. The second-order valence-corrected chi connectivity index (χ2v) is 10.1. The molecule has 33 heavy (non-hydrogen) atoms. The molecule has 0 aliphatic rings. The third kappa shape index (κ3) is 12.9. The van der Waals surface area contributed by atoms with E-state index in [4.69, 9.17) is 5.73 Å². The smallest absolute Gasteiger partial charge is 0.317 e. The highest BCUT2D eigenvalue weighted by molar-refractivity contribution is 5.78. The van der Waals surface area contributed by atoms with Crippen LogP contribution in [0.1, 0.15) is 65.9 Å². The van der Waals surface area contributed by atoms with E-state index in [1.165, 1.54) is 0 Å². The number of nitrogens with two attached hydrogens (primary N) is 1. The van der Waals surface area contributed by atoms with E-state index >= 15 is 0 Å². The molecule has 186 valence electrons. The van der Waals surface area contributed by atoms with Gasteiger partial charge >= 0.3 is 6.03 Å². The first-order valence-electron chi connectivity index (χ1n) is 11.7. The van der Waals surface area contributed by atoms with E-state index in [1.807, 2.05) is 51.1 Å². The molecule has 1 rings (SSSR count). The summed E-state index contributed by atoms with van der Waals surface area (Å²) in [4.78, 5) is 37.9. The number of nitrogens with one attached hydrogen (secondary N) is 2. The van der Waals surface area contributed by atoms with Crippen molar-refractivity contribution in [2.24, 2.45) is 11.7 Å². The van der Waals surface area contributed by atoms with Crippen LogP contribution >= 0.6 is 0 Å². The number of amides is 4. The fraction of sp³-hybridized carbons (Fsp3) is 0.640. The first kappa shape index (κ1) is 28.4. The molecule has 0 radical (unpaired) electrons. The van der Waals surface area contributed by atoms with E-state index < -0.39 is 23.6 Å². The number of hydrogen-bond donors (Lipinski definition) is 4. The Balaban J connectivity index is 2.95. The van der Waals surface area contributed by atoms with Crippen molar-refractivity contribution in [1.29, 1.82) is 0 Å². The van der Waals surface area contributed by atoms with Crippen LogP contribution in [0, 0.1) is 5.92 Å². The van der Waals surface area contributed by atoms with E-state index in [-0.39, 0.29) is 31.3 Å². The molecular weight excluding hydrogens is 420 g/mol. The topological polar surface area (TPSA) is 125 Å². The number of benzene rings is 1. The van der Waals surface area contributed by atoms with Gasteiger partial charge in [0, 0.05) is 24.9 Å². The Morgan fingerprint density at radius 3 is 2.27 bits per heavy atom. The van der Waals surface area contributed by atoms with Crippen molar-refractivity contribution in [1.82, 2.24) is 15.5 Å². The van der Waals surface area contributed by atoms with Crippen LogP contribution in [-0.4, -0.2) is 58.6 Å². The van der Waals surface area contributed by atoms with Crippen LogP contribution in [0.2, 0.25) is 0 Å². The fourth-order valence-electron chi connectivity index (χ4n) is 3.30. The molecule has 1 aromatic carbocycles. The molecule has 0 fully saturated rings. The molecule has 2 atom stereocenters. The number of urea groups is 1. The number of primary amides is 1. The molecule has 0 spiro atoms. The van der Waals surface area contributed by atoms with Crippen molar-refractivity contribution < 1.29 is 19.5 Å². The van der Waals surface area contributed by atoms with E-state index in [2.05, 4.69) is 24.5 Å². The average Bonchev–Trinajstić information content (AvgIpc) is 2.69. The maximum atomic E-state index is 12.9. The van der Waals surface area contributed by atoms with Crippen molar-refractivity contribution >= 4 is 17.8 Å². The molecule has 0 bridgehead atoms. The van der Waals surface area contributed by atoms with Gasteiger partial charge in [-0.2, -0.15) is 0 Å². The second kappa shape index (κ2) is 13.8. The molecule has 0 saturated carbocycles. The minimum absolute atomic E-state index is 0.0910. The lowest BCUT2D eigenvalue weighted by Crippen LogP contribution is -2.54. The van der Waals surface area contributed by atoms with Gasteiger partial charge < -0.3 is 26.4 Å². The van der Waals surface area contributed by atoms with Gasteiger partial charge in [0.15, 0.2) is 0 Å². The Kier molecular flexibility index (Phi) is 11.9. The standard InChI is InChI=1S/C25H42N4O4/c1-18(2)14-15-29(24(33)28-25(3,4)5)17-21(30)20(16-19-10-7-6-8-11-19)27-23(32)13-9-12-22(26)31/h6-8,10-11,18,20-21,30H,9,12-17H2,1-5H3,(H2,26,31)(H,27,32)(H,28,33)/t20-,21+/m0/s1. The van der Waals surface area contributed by atoms with E-state index in [1.54, 1.807) is 4.90 Å². The summed E-state index contributed by atoms with van der Waals surface area (Å²) in [7, 11) is 0. The SMILES string of the molecule is CC(C)CCN(C[C@@H](O)[C@H](Cc1ccccc1)NC(=O)CCCC(N)=O)C(=O)NC(C)(C)C. The molecule has 8 heteroatoms. The Morgan fingerprint density at radius 2 is 1.73 bits per heavy atom. The summed E-state index contributed by atoms with van der Waals surface area (Å²) < 4.78 is 0. The van der Waals surface area contributed by atoms with Crippen LogP contribution in [0.25, 0.3) is 0 Å². The summed E-state index contributed by atoms with van der Waals surface area (Å²) >= 11 is 0. The lowest BCUT2D eigenvalue weighted by Gasteiger charge is -2.33. The maximum absolute atomic E-state index is 12.9. The van der Waals surface area contributed by atoms with E-state index in [9.17, 15) is 19.5 Å². The van der Waals surface area contributed by atoms with Crippen molar-refractivity contribution in [3.05, 3.63) is 35.9 Å². The van der Waals surface area contributed by atoms with Crippen LogP contribution in [0.5, 0.6) is 0 Å². The summed E-state index contributed by atoms with van der Waals surface area (Å²) in [5, 5.41) is 17.0. The lowest BCUT2D eigenvalue weighted by molar-refractivity contribution is -0.123. The minimum atomic E-state index is -0.969. The van der Waals surface area contributed by atoms with Gasteiger partial charge in [0.05, 0.1) is 18.7 Å². The Labute approximate surface area is 198 Å². The number of hydrogen-bond acceptors (Lipinski definition) is 4. The zero-order valence-electron chi connectivity index (χ0n) is 20.8. The molecular formula is C25H42N4O4. The summed E-state index contributed by atoms with van der Waals surface area (Å²) in [5.41, 5.74) is 5.71. The van der Waals surface area contributed by atoms with Crippen molar-refractivity contribution in [3.63, 3.8) is 0 Å². The third-order valence-corrected chi connectivity index (χ3v) is 5.09. The van der Waals surface area contributed by atoms with Crippen LogP contribution in [0.4, 0.5) is 4.79 Å². The highest BCUT2D eigenvalue weighted by Crippen LogP contribution is 2.12. The van der Waals surface area contributed by atoms with Crippen molar-refractivity contribution in [3.8, 4) is 0 Å². The number of rotatable bonds is 13. The normalized spacial score (nSPS) is 13.3. The Hall–Kier alpha value is -2.61. The minimum Gasteiger partial charge on any atom is -0.389 e. The van der Waals surface area contributed by atoms with Gasteiger partial charge in [0.1, 0.15) is 0 Å². The molecule has 0 aromatic heterocycles. The molecule has 5 N–H and O–H groups in total. The second-order valence-electron chi connectivity index (χ2n) is 10.1. The summed E-state index contributed by atoms with van der Waals surface area (Å²) in [6.07, 6.45) is 0.875. The third-order valence-electron chi connectivity index (χ3n) is 5.09. The summed E-state index contributed by atoms with van der Waals surface area (Å²) in [6.45, 7) is 10.5. The number of carbonyl (C=O) groups excluding carboxylic acids is 3.